The Kier molecular flexibility index (Phi) is 3.42. The van der Waals surface area contributed by atoms with E-state index in [4.69, 9.17) is 0 Å². The van der Waals surface area contributed by atoms with Crippen molar-refractivity contribution in [3.8, 4) is 0 Å². The summed E-state index contributed by atoms with van der Waals surface area (Å²) in [5, 5.41) is 7.02. The van der Waals surface area contributed by atoms with Gasteiger partial charge in [0.2, 0.25) is 0 Å². The van der Waals surface area contributed by atoms with Crippen LogP contribution in [0, 0.1) is 12.8 Å². The van der Waals surface area contributed by atoms with Crippen LogP contribution >= 0.6 is 11.3 Å². The first-order valence-corrected chi connectivity index (χ1v) is 6.71. The number of aromatic nitrogens is 1. The molecule has 3 unspecified atom stereocenters. The Hall–Kier alpha value is -0.410. The fourth-order valence-electron chi connectivity index (χ4n) is 2.38. The Morgan fingerprint density at radius 3 is 2.87 bits per heavy atom. The highest BCUT2D eigenvalue weighted by Gasteiger charge is 2.23. The predicted molar refractivity (Wildman–Crippen MR) is 65.2 cm³/mol. The number of thiazole rings is 1. The Balaban J connectivity index is 1.89. The van der Waals surface area contributed by atoms with E-state index in [0.717, 1.165) is 5.92 Å². The van der Waals surface area contributed by atoms with Crippen LogP contribution in [0.15, 0.2) is 5.38 Å². The van der Waals surface area contributed by atoms with E-state index < -0.39 is 0 Å². The number of nitrogens with one attached hydrogen (secondary N) is 1. The van der Waals surface area contributed by atoms with Gasteiger partial charge in [-0.1, -0.05) is 6.92 Å². The first-order valence-electron chi connectivity index (χ1n) is 5.83. The minimum absolute atomic E-state index is 0.408. The van der Waals surface area contributed by atoms with Gasteiger partial charge in [0.05, 0.1) is 10.7 Å². The minimum atomic E-state index is 0.408. The predicted octanol–water partition coefficient (Wildman–Crippen LogP) is 3.29. The van der Waals surface area contributed by atoms with Crippen LogP contribution in [0.5, 0.6) is 0 Å². The molecule has 2 rings (SSSR count). The van der Waals surface area contributed by atoms with E-state index in [1.165, 1.54) is 30.0 Å². The monoisotopic (exact) mass is 224 g/mol. The van der Waals surface area contributed by atoms with Gasteiger partial charge < -0.3 is 5.32 Å². The van der Waals surface area contributed by atoms with Crippen molar-refractivity contribution in [2.75, 3.05) is 0 Å². The second-order valence-electron chi connectivity index (χ2n) is 4.79. The summed E-state index contributed by atoms with van der Waals surface area (Å²) < 4.78 is 0. The van der Waals surface area contributed by atoms with E-state index in [-0.39, 0.29) is 0 Å². The van der Waals surface area contributed by atoms with Crippen molar-refractivity contribution in [2.24, 2.45) is 5.92 Å². The number of hydrogen-bond acceptors (Lipinski definition) is 3. The lowest BCUT2D eigenvalue weighted by atomic mass is 10.1. The Morgan fingerprint density at radius 1 is 1.53 bits per heavy atom. The molecule has 3 atom stereocenters. The number of nitrogens with zero attached hydrogens (tertiary/aromatic N) is 1. The molecular formula is C12H20N2S. The highest BCUT2D eigenvalue weighted by atomic mass is 32.1. The van der Waals surface area contributed by atoms with E-state index in [9.17, 15) is 0 Å². The van der Waals surface area contributed by atoms with Crippen molar-refractivity contribution in [3.05, 3.63) is 16.1 Å². The molecule has 0 radical (unpaired) electrons. The summed E-state index contributed by atoms with van der Waals surface area (Å²) in [6.45, 7) is 6.63. The highest BCUT2D eigenvalue weighted by molar-refractivity contribution is 7.09. The van der Waals surface area contributed by atoms with Crippen LogP contribution in [0.2, 0.25) is 0 Å². The number of rotatable bonds is 3. The lowest BCUT2D eigenvalue weighted by Gasteiger charge is -2.17. The van der Waals surface area contributed by atoms with Crippen molar-refractivity contribution < 1.29 is 0 Å². The molecule has 1 saturated carbocycles. The third kappa shape index (κ3) is 2.79. The summed E-state index contributed by atoms with van der Waals surface area (Å²) in [6, 6.07) is 1.11. The molecule has 15 heavy (non-hydrogen) atoms. The molecule has 0 aliphatic heterocycles. The molecular weight excluding hydrogens is 204 g/mol. The molecule has 0 spiro atoms. The van der Waals surface area contributed by atoms with E-state index >= 15 is 0 Å². The molecule has 2 nitrogen and oxygen atoms in total. The van der Waals surface area contributed by atoms with Gasteiger partial charge in [-0.15, -0.1) is 11.3 Å². The van der Waals surface area contributed by atoms with Crippen molar-refractivity contribution in [2.45, 2.75) is 52.1 Å². The minimum Gasteiger partial charge on any atom is -0.306 e. The molecule has 1 aliphatic rings. The van der Waals surface area contributed by atoms with Gasteiger partial charge in [0.1, 0.15) is 0 Å². The molecule has 3 heteroatoms. The van der Waals surface area contributed by atoms with Crippen molar-refractivity contribution in [1.29, 1.82) is 0 Å². The van der Waals surface area contributed by atoms with Crippen LogP contribution in [-0.2, 0) is 0 Å². The average molecular weight is 224 g/mol. The van der Waals surface area contributed by atoms with E-state index in [1.54, 1.807) is 11.3 Å². The Morgan fingerprint density at radius 2 is 2.33 bits per heavy atom. The lowest BCUT2D eigenvalue weighted by Crippen LogP contribution is -2.29. The molecule has 1 heterocycles. The van der Waals surface area contributed by atoms with Gasteiger partial charge >= 0.3 is 0 Å². The fraction of sp³-hybridized carbons (Fsp3) is 0.750. The second kappa shape index (κ2) is 4.62. The average Bonchev–Trinajstić information content (AvgIpc) is 2.75. The molecule has 1 aliphatic carbocycles. The maximum atomic E-state index is 4.53. The maximum Gasteiger partial charge on any atom is 0.0898 e. The molecule has 1 fully saturated rings. The smallest absolute Gasteiger partial charge is 0.0898 e. The van der Waals surface area contributed by atoms with E-state index in [2.05, 4.69) is 36.5 Å². The zero-order valence-electron chi connectivity index (χ0n) is 9.79. The van der Waals surface area contributed by atoms with Gasteiger partial charge in [-0.3, -0.25) is 0 Å². The molecule has 1 N–H and O–H groups in total. The molecule has 0 amide bonds. The summed E-state index contributed by atoms with van der Waals surface area (Å²) in [4.78, 5) is 4.53. The quantitative estimate of drug-likeness (QED) is 0.852. The van der Waals surface area contributed by atoms with E-state index in [0.29, 0.717) is 12.1 Å². The van der Waals surface area contributed by atoms with Crippen molar-refractivity contribution in [1.82, 2.24) is 10.3 Å². The van der Waals surface area contributed by atoms with Crippen LogP contribution in [0.4, 0.5) is 0 Å². The van der Waals surface area contributed by atoms with Gasteiger partial charge in [0, 0.05) is 17.5 Å². The molecule has 0 aromatic carbocycles. The first-order chi connectivity index (χ1) is 7.15. The fourth-order valence-corrected chi connectivity index (χ4v) is 3.08. The highest BCUT2D eigenvalue weighted by Crippen LogP contribution is 2.27. The third-order valence-electron chi connectivity index (χ3n) is 3.26. The Labute approximate surface area is 96.1 Å². The SMILES string of the molecule is Cc1nc(C(C)NC2CCC(C)C2)cs1. The van der Waals surface area contributed by atoms with Crippen LogP contribution in [-0.4, -0.2) is 11.0 Å². The van der Waals surface area contributed by atoms with Crippen molar-refractivity contribution in [3.63, 3.8) is 0 Å². The van der Waals surface area contributed by atoms with Gasteiger partial charge in [-0.2, -0.15) is 0 Å². The third-order valence-corrected chi connectivity index (χ3v) is 4.05. The number of aryl methyl sites for hydroxylation is 1. The van der Waals surface area contributed by atoms with Gasteiger partial charge in [0.15, 0.2) is 0 Å². The zero-order chi connectivity index (χ0) is 10.8. The zero-order valence-corrected chi connectivity index (χ0v) is 10.6. The van der Waals surface area contributed by atoms with Gasteiger partial charge in [-0.05, 0) is 39.0 Å². The summed E-state index contributed by atoms with van der Waals surface area (Å²) in [7, 11) is 0. The molecule has 0 bridgehead atoms. The van der Waals surface area contributed by atoms with Crippen LogP contribution in [0.25, 0.3) is 0 Å². The van der Waals surface area contributed by atoms with Gasteiger partial charge in [0.25, 0.3) is 0 Å². The lowest BCUT2D eigenvalue weighted by molar-refractivity contribution is 0.444. The standard InChI is InChI=1S/C12H20N2S/c1-8-4-5-11(6-8)13-9(2)12-7-15-10(3)14-12/h7-9,11,13H,4-6H2,1-3H3. The number of hydrogen-bond donors (Lipinski definition) is 1. The largest absolute Gasteiger partial charge is 0.306 e. The summed E-state index contributed by atoms with van der Waals surface area (Å²) in [5.74, 6) is 0.895. The van der Waals surface area contributed by atoms with E-state index in [1.807, 2.05) is 0 Å². The summed E-state index contributed by atoms with van der Waals surface area (Å²) in [5.41, 5.74) is 1.21. The topological polar surface area (TPSA) is 24.9 Å². The first kappa shape index (κ1) is 11.1. The van der Waals surface area contributed by atoms with Crippen LogP contribution in [0.1, 0.15) is 49.9 Å². The maximum absolute atomic E-state index is 4.53. The van der Waals surface area contributed by atoms with Crippen LogP contribution in [0.3, 0.4) is 0 Å². The molecule has 84 valence electrons. The molecule has 1 aromatic heterocycles. The molecule has 1 aromatic rings. The normalized spacial score (nSPS) is 28.2. The summed E-state index contributed by atoms with van der Waals surface area (Å²) >= 11 is 1.74. The molecule has 0 saturated heterocycles. The Bertz CT molecular complexity index is 321. The second-order valence-corrected chi connectivity index (χ2v) is 5.86. The summed E-state index contributed by atoms with van der Waals surface area (Å²) in [6.07, 6.45) is 4.03. The van der Waals surface area contributed by atoms with Crippen molar-refractivity contribution >= 4 is 11.3 Å². The van der Waals surface area contributed by atoms with Gasteiger partial charge in [-0.25, -0.2) is 4.98 Å². The van der Waals surface area contributed by atoms with Crippen LogP contribution < -0.4 is 5.32 Å².